The molecule has 2 rings (SSSR count). The van der Waals surface area contributed by atoms with E-state index in [-0.39, 0.29) is 5.91 Å². The molecule has 1 atom stereocenters. The first-order chi connectivity index (χ1) is 13.7. The number of guanidine groups is 1. The van der Waals surface area contributed by atoms with Gasteiger partial charge in [-0.25, -0.2) is 4.99 Å². The third-order valence-electron chi connectivity index (χ3n) is 4.84. The molecule has 0 aromatic heterocycles. The fourth-order valence-electron chi connectivity index (χ4n) is 3.33. The smallest absolute Gasteiger partial charge is 0.224 e. The zero-order chi connectivity index (χ0) is 20.2. The maximum atomic E-state index is 12.5. The monoisotopic (exact) mass is 386 g/mol. The Morgan fingerprint density at radius 1 is 1.36 bits per heavy atom. The summed E-state index contributed by atoms with van der Waals surface area (Å²) in [5.41, 5.74) is 1.01. The highest BCUT2D eigenvalue weighted by Crippen LogP contribution is 2.19. The van der Waals surface area contributed by atoms with Crippen molar-refractivity contribution in [1.82, 2.24) is 15.5 Å². The molecular weight excluding hydrogens is 352 g/mol. The number of hydrogen-bond donors (Lipinski definition) is 2. The molecule has 0 spiro atoms. The van der Waals surface area contributed by atoms with E-state index in [1.165, 1.54) is 6.42 Å². The van der Waals surface area contributed by atoms with Crippen LogP contribution in [0, 0.1) is 0 Å². The van der Waals surface area contributed by atoms with Crippen LogP contribution >= 0.6 is 0 Å². The molecule has 0 saturated carbocycles. The van der Waals surface area contributed by atoms with Gasteiger partial charge in [-0.3, -0.25) is 4.79 Å². The molecule has 1 aromatic rings. The predicted molar refractivity (Wildman–Crippen MR) is 115 cm³/mol. The predicted octanol–water partition coefficient (Wildman–Crippen LogP) is 3.10. The SMILES string of the molecule is C=CCOc1ccccc1CN=C(NCC)NCCC(=O)N1CCCCC1C. The van der Waals surface area contributed by atoms with Crippen molar-refractivity contribution in [3.63, 3.8) is 0 Å². The maximum absolute atomic E-state index is 12.5. The van der Waals surface area contributed by atoms with Gasteiger partial charge >= 0.3 is 0 Å². The summed E-state index contributed by atoms with van der Waals surface area (Å²) in [7, 11) is 0. The molecule has 2 N–H and O–H groups in total. The zero-order valence-electron chi connectivity index (χ0n) is 17.2. The maximum Gasteiger partial charge on any atom is 0.224 e. The lowest BCUT2D eigenvalue weighted by Gasteiger charge is -2.33. The molecule has 1 unspecified atom stereocenters. The van der Waals surface area contributed by atoms with Crippen molar-refractivity contribution < 1.29 is 9.53 Å². The highest BCUT2D eigenvalue weighted by Gasteiger charge is 2.22. The molecule has 28 heavy (non-hydrogen) atoms. The van der Waals surface area contributed by atoms with Gasteiger partial charge in [0.2, 0.25) is 5.91 Å². The Bertz CT molecular complexity index is 660. The van der Waals surface area contributed by atoms with Crippen molar-refractivity contribution in [1.29, 1.82) is 0 Å². The number of amides is 1. The number of rotatable bonds is 9. The Balaban J connectivity index is 1.88. The summed E-state index contributed by atoms with van der Waals surface area (Å²) in [5, 5.41) is 6.51. The second kappa shape index (κ2) is 12.1. The average molecular weight is 387 g/mol. The van der Waals surface area contributed by atoms with Gasteiger partial charge in [0, 0.05) is 37.7 Å². The number of hydrogen-bond acceptors (Lipinski definition) is 3. The number of ether oxygens (including phenoxy) is 1. The van der Waals surface area contributed by atoms with Crippen molar-refractivity contribution in [3.8, 4) is 5.75 Å². The van der Waals surface area contributed by atoms with Crippen LogP contribution in [0.15, 0.2) is 41.9 Å². The normalized spacial score (nSPS) is 17.1. The van der Waals surface area contributed by atoms with E-state index in [2.05, 4.69) is 29.1 Å². The minimum absolute atomic E-state index is 0.221. The number of carbonyl (C=O) groups excluding carboxylic acids is 1. The highest BCUT2D eigenvalue weighted by molar-refractivity contribution is 5.81. The van der Waals surface area contributed by atoms with E-state index in [1.54, 1.807) is 6.08 Å². The van der Waals surface area contributed by atoms with Gasteiger partial charge in [0.25, 0.3) is 0 Å². The third-order valence-corrected chi connectivity index (χ3v) is 4.84. The van der Waals surface area contributed by atoms with Crippen LogP contribution in [0.5, 0.6) is 5.75 Å². The van der Waals surface area contributed by atoms with Crippen LogP contribution in [-0.2, 0) is 11.3 Å². The van der Waals surface area contributed by atoms with Crippen molar-refractivity contribution in [2.45, 2.75) is 52.1 Å². The Morgan fingerprint density at radius 3 is 2.93 bits per heavy atom. The average Bonchev–Trinajstić information content (AvgIpc) is 2.71. The van der Waals surface area contributed by atoms with E-state index in [1.807, 2.05) is 36.1 Å². The number of likely N-dealkylation sites (tertiary alicyclic amines) is 1. The molecule has 1 aliphatic rings. The van der Waals surface area contributed by atoms with Crippen LogP contribution in [0.2, 0.25) is 0 Å². The van der Waals surface area contributed by atoms with Gasteiger partial charge in [-0.15, -0.1) is 0 Å². The van der Waals surface area contributed by atoms with E-state index in [0.717, 1.165) is 37.2 Å². The Morgan fingerprint density at radius 2 is 2.18 bits per heavy atom. The Hall–Kier alpha value is -2.50. The lowest BCUT2D eigenvalue weighted by molar-refractivity contribution is -0.134. The first kappa shape index (κ1) is 21.8. The number of piperidine rings is 1. The lowest BCUT2D eigenvalue weighted by Crippen LogP contribution is -2.44. The van der Waals surface area contributed by atoms with E-state index < -0.39 is 0 Å². The molecule has 0 radical (unpaired) electrons. The Kier molecular flexibility index (Phi) is 9.39. The number of benzene rings is 1. The molecule has 1 saturated heterocycles. The minimum Gasteiger partial charge on any atom is -0.489 e. The molecule has 154 valence electrons. The summed E-state index contributed by atoms with van der Waals surface area (Å²) in [5.74, 6) is 1.75. The van der Waals surface area contributed by atoms with Crippen LogP contribution in [0.25, 0.3) is 0 Å². The summed E-state index contributed by atoms with van der Waals surface area (Å²) >= 11 is 0. The largest absolute Gasteiger partial charge is 0.489 e. The fourth-order valence-corrected chi connectivity index (χ4v) is 3.33. The number of nitrogens with zero attached hydrogens (tertiary/aromatic N) is 2. The Labute approximate surface area is 169 Å². The van der Waals surface area contributed by atoms with E-state index in [9.17, 15) is 4.79 Å². The van der Waals surface area contributed by atoms with Gasteiger partial charge in [-0.1, -0.05) is 30.9 Å². The van der Waals surface area contributed by atoms with Crippen molar-refractivity contribution >= 4 is 11.9 Å². The topological polar surface area (TPSA) is 66.0 Å². The van der Waals surface area contributed by atoms with E-state index >= 15 is 0 Å². The second-order valence-electron chi connectivity index (χ2n) is 7.01. The number of nitrogens with one attached hydrogen (secondary N) is 2. The van der Waals surface area contributed by atoms with E-state index in [4.69, 9.17) is 4.74 Å². The van der Waals surface area contributed by atoms with Gasteiger partial charge in [0.05, 0.1) is 6.54 Å². The molecule has 0 bridgehead atoms. The van der Waals surface area contributed by atoms with Crippen LogP contribution in [0.1, 0.15) is 45.1 Å². The van der Waals surface area contributed by atoms with Crippen LogP contribution in [-0.4, -0.2) is 49.0 Å². The quantitative estimate of drug-likeness (QED) is 0.389. The van der Waals surface area contributed by atoms with Crippen LogP contribution in [0.4, 0.5) is 0 Å². The molecule has 1 heterocycles. The molecular formula is C22H34N4O2. The molecule has 1 amide bonds. The lowest BCUT2D eigenvalue weighted by atomic mass is 10.0. The molecule has 6 heteroatoms. The van der Waals surface area contributed by atoms with Crippen LogP contribution in [0.3, 0.4) is 0 Å². The zero-order valence-corrected chi connectivity index (χ0v) is 17.2. The second-order valence-corrected chi connectivity index (χ2v) is 7.01. The van der Waals surface area contributed by atoms with Crippen molar-refractivity contribution in [2.24, 2.45) is 4.99 Å². The van der Waals surface area contributed by atoms with Gasteiger partial charge in [0.1, 0.15) is 12.4 Å². The van der Waals surface area contributed by atoms with Gasteiger partial charge < -0.3 is 20.3 Å². The fraction of sp³-hybridized carbons (Fsp3) is 0.545. The van der Waals surface area contributed by atoms with Gasteiger partial charge in [-0.05, 0) is 39.2 Å². The van der Waals surface area contributed by atoms with E-state index in [0.29, 0.717) is 38.1 Å². The molecule has 1 fully saturated rings. The molecule has 0 aliphatic carbocycles. The minimum atomic E-state index is 0.221. The number of carbonyl (C=O) groups is 1. The molecule has 1 aromatic carbocycles. The van der Waals surface area contributed by atoms with Crippen LogP contribution < -0.4 is 15.4 Å². The number of aliphatic imine (C=N–C) groups is 1. The third kappa shape index (κ3) is 6.91. The first-order valence-corrected chi connectivity index (χ1v) is 10.3. The standard InChI is InChI=1S/C22H34N4O2/c1-4-16-28-20-12-7-6-11-19(20)17-25-22(23-5-2)24-14-13-21(27)26-15-9-8-10-18(26)3/h4,6-7,11-12,18H,1,5,8-10,13-17H2,2-3H3,(H2,23,24,25). The highest BCUT2D eigenvalue weighted by atomic mass is 16.5. The first-order valence-electron chi connectivity index (χ1n) is 10.3. The van der Waals surface area contributed by atoms with Crippen molar-refractivity contribution in [2.75, 3.05) is 26.2 Å². The molecule has 6 nitrogen and oxygen atoms in total. The van der Waals surface area contributed by atoms with Gasteiger partial charge in [-0.2, -0.15) is 0 Å². The summed E-state index contributed by atoms with van der Waals surface area (Å²) in [4.78, 5) is 19.1. The number of para-hydroxylation sites is 1. The van der Waals surface area contributed by atoms with Crippen molar-refractivity contribution in [3.05, 3.63) is 42.5 Å². The molecule has 1 aliphatic heterocycles. The summed E-state index contributed by atoms with van der Waals surface area (Å²) in [6.45, 7) is 11.0. The summed E-state index contributed by atoms with van der Waals surface area (Å²) < 4.78 is 5.69. The summed E-state index contributed by atoms with van der Waals surface area (Å²) in [6.07, 6.45) is 5.65. The van der Waals surface area contributed by atoms with Gasteiger partial charge in [0.15, 0.2) is 5.96 Å². The summed E-state index contributed by atoms with van der Waals surface area (Å²) in [6, 6.07) is 8.22.